The van der Waals surface area contributed by atoms with Crippen molar-refractivity contribution in [2.45, 2.75) is 25.8 Å². The van der Waals surface area contributed by atoms with Crippen molar-refractivity contribution in [2.75, 3.05) is 32.1 Å². The van der Waals surface area contributed by atoms with Gasteiger partial charge in [-0.1, -0.05) is 0 Å². The largest absolute Gasteiger partial charge is 0.497 e. The average molecular weight is 291 g/mol. The van der Waals surface area contributed by atoms with Crippen molar-refractivity contribution in [3.05, 3.63) is 24.3 Å². The summed E-state index contributed by atoms with van der Waals surface area (Å²) in [5.41, 5.74) is 6.77. The Kier molecular flexibility index (Phi) is 5.59. The first-order valence-electron chi connectivity index (χ1n) is 7.50. The van der Waals surface area contributed by atoms with Crippen LogP contribution in [0.1, 0.15) is 19.8 Å². The van der Waals surface area contributed by atoms with Gasteiger partial charge in [-0.15, -0.1) is 0 Å². The minimum absolute atomic E-state index is 0.0190. The fourth-order valence-corrected chi connectivity index (χ4v) is 2.74. The number of carbonyl (C=O) groups is 1. The molecule has 0 radical (unpaired) electrons. The molecule has 1 aliphatic rings. The zero-order chi connectivity index (χ0) is 15.2. The van der Waals surface area contributed by atoms with E-state index in [1.807, 2.05) is 31.2 Å². The molecular weight excluding hydrogens is 266 g/mol. The highest BCUT2D eigenvalue weighted by atomic mass is 16.5. The number of likely N-dealkylation sites (tertiary alicyclic amines) is 1. The molecule has 1 aliphatic heterocycles. The van der Waals surface area contributed by atoms with Gasteiger partial charge in [0, 0.05) is 18.3 Å². The molecule has 1 amide bonds. The molecule has 0 saturated carbocycles. The van der Waals surface area contributed by atoms with Crippen molar-refractivity contribution in [2.24, 2.45) is 11.7 Å². The van der Waals surface area contributed by atoms with E-state index in [1.54, 1.807) is 7.11 Å². The predicted molar refractivity (Wildman–Crippen MR) is 84.4 cm³/mol. The maximum atomic E-state index is 12.1. The Morgan fingerprint density at radius 1 is 1.48 bits per heavy atom. The van der Waals surface area contributed by atoms with Crippen molar-refractivity contribution in [3.8, 4) is 5.75 Å². The molecule has 2 unspecified atom stereocenters. The van der Waals surface area contributed by atoms with E-state index in [9.17, 15) is 4.79 Å². The van der Waals surface area contributed by atoms with Crippen LogP contribution in [-0.4, -0.2) is 43.6 Å². The van der Waals surface area contributed by atoms with Crippen LogP contribution in [0.2, 0.25) is 0 Å². The van der Waals surface area contributed by atoms with Crippen LogP contribution in [0.4, 0.5) is 5.69 Å². The third kappa shape index (κ3) is 4.72. The lowest BCUT2D eigenvalue weighted by atomic mass is 9.92. The third-order valence-electron chi connectivity index (χ3n) is 4.03. The Morgan fingerprint density at radius 2 is 2.19 bits per heavy atom. The second-order valence-corrected chi connectivity index (χ2v) is 5.77. The van der Waals surface area contributed by atoms with Gasteiger partial charge in [-0.3, -0.25) is 9.69 Å². The van der Waals surface area contributed by atoms with E-state index in [0.717, 1.165) is 37.4 Å². The highest BCUT2D eigenvalue weighted by Crippen LogP contribution is 2.19. The number of anilines is 1. The van der Waals surface area contributed by atoms with E-state index in [1.165, 1.54) is 0 Å². The predicted octanol–water partition coefficient (Wildman–Crippen LogP) is 1.69. The molecule has 0 bridgehead atoms. The fourth-order valence-electron chi connectivity index (χ4n) is 2.74. The molecule has 1 aromatic rings. The van der Waals surface area contributed by atoms with Gasteiger partial charge < -0.3 is 15.8 Å². The molecule has 2 rings (SSSR count). The lowest BCUT2D eigenvalue weighted by molar-refractivity contribution is -0.117. The van der Waals surface area contributed by atoms with Gasteiger partial charge in [-0.05, 0) is 56.5 Å². The summed E-state index contributed by atoms with van der Waals surface area (Å²) in [6.45, 7) is 4.35. The zero-order valence-corrected chi connectivity index (χ0v) is 12.8. The molecule has 3 N–H and O–H groups in total. The number of rotatable bonds is 5. The molecule has 1 aromatic carbocycles. The van der Waals surface area contributed by atoms with Crippen molar-refractivity contribution in [1.29, 1.82) is 0 Å². The number of piperidine rings is 1. The molecule has 21 heavy (non-hydrogen) atoms. The van der Waals surface area contributed by atoms with Crippen molar-refractivity contribution >= 4 is 11.6 Å². The first-order chi connectivity index (χ1) is 10.1. The lowest BCUT2D eigenvalue weighted by Gasteiger charge is -2.34. The molecule has 5 nitrogen and oxygen atoms in total. The molecule has 116 valence electrons. The highest BCUT2D eigenvalue weighted by molar-refractivity contribution is 5.92. The minimum atomic E-state index is 0.0190. The summed E-state index contributed by atoms with van der Waals surface area (Å²) >= 11 is 0. The summed E-state index contributed by atoms with van der Waals surface area (Å²) in [6.07, 6.45) is 2.27. The fraction of sp³-hybridized carbons (Fsp3) is 0.562. The number of nitrogens with one attached hydrogen (secondary N) is 1. The number of benzene rings is 1. The smallest absolute Gasteiger partial charge is 0.238 e. The van der Waals surface area contributed by atoms with E-state index < -0.39 is 0 Å². The molecule has 1 saturated heterocycles. The molecule has 2 atom stereocenters. The average Bonchev–Trinajstić information content (AvgIpc) is 2.48. The van der Waals surface area contributed by atoms with Gasteiger partial charge in [0.25, 0.3) is 0 Å². The monoisotopic (exact) mass is 291 g/mol. The molecule has 1 fully saturated rings. The van der Waals surface area contributed by atoms with Crippen LogP contribution in [-0.2, 0) is 4.79 Å². The second kappa shape index (κ2) is 7.43. The van der Waals surface area contributed by atoms with E-state index >= 15 is 0 Å². The van der Waals surface area contributed by atoms with Crippen LogP contribution in [0.25, 0.3) is 0 Å². The Labute approximate surface area is 126 Å². The van der Waals surface area contributed by atoms with Crippen LogP contribution in [0, 0.1) is 5.92 Å². The SMILES string of the molecule is COc1ccc(NC(=O)CN2CCCC(C(C)N)C2)cc1. The lowest BCUT2D eigenvalue weighted by Crippen LogP contribution is -2.45. The molecule has 0 aromatic heterocycles. The van der Waals surface area contributed by atoms with Gasteiger partial charge in [0.1, 0.15) is 5.75 Å². The summed E-state index contributed by atoms with van der Waals surface area (Å²) in [4.78, 5) is 14.3. The number of nitrogens with zero attached hydrogens (tertiary/aromatic N) is 1. The summed E-state index contributed by atoms with van der Waals surface area (Å²) in [6, 6.07) is 7.55. The standard InChI is InChI=1S/C16H25N3O2/c1-12(17)13-4-3-9-19(10-13)11-16(20)18-14-5-7-15(21-2)8-6-14/h5-8,12-13H,3-4,9-11,17H2,1-2H3,(H,18,20). The summed E-state index contributed by atoms with van der Waals surface area (Å²) < 4.78 is 5.10. The van der Waals surface area contributed by atoms with Gasteiger partial charge in [0.05, 0.1) is 13.7 Å². The van der Waals surface area contributed by atoms with E-state index in [0.29, 0.717) is 12.5 Å². The van der Waals surface area contributed by atoms with Gasteiger partial charge in [0.2, 0.25) is 5.91 Å². The maximum Gasteiger partial charge on any atom is 0.238 e. The molecular formula is C16H25N3O2. The number of hydrogen-bond donors (Lipinski definition) is 2. The van der Waals surface area contributed by atoms with Crippen molar-refractivity contribution < 1.29 is 9.53 Å². The van der Waals surface area contributed by atoms with Gasteiger partial charge in [-0.25, -0.2) is 0 Å². The molecule has 0 spiro atoms. The number of methoxy groups -OCH3 is 1. The van der Waals surface area contributed by atoms with Crippen LogP contribution >= 0.6 is 0 Å². The summed E-state index contributed by atoms with van der Waals surface area (Å²) in [7, 11) is 1.62. The van der Waals surface area contributed by atoms with Crippen LogP contribution < -0.4 is 15.8 Å². The van der Waals surface area contributed by atoms with E-state index in [-0.39, 0.29) is 11.9 Å². The quantitative estimate of drug-likeness (QED) is 0.866. The van der Waals surface area contributed by atoms with Crippen LogP contribution in [0.5, 0.6) is 5.75 Å². The topological polar surface area (TPSA) is 67.6 Å². The van der Waals surface area contributed by atoms with Crippen molar-refractivity contribution in [1.82, 2.24) is 4.90 Å². The van der Waals surface area contributed by atoms with Crippen LogP contribution in [0.3, 0.4) is 0 Å². The van der Waals surface area contributed by atoms with E-state index in [4.69, 9.17) is 10.5 Å². The Morgan fingerprint density at radius 3 is 2.81 bits per heavy atom. The maximum absolute atomic E-state index is 12.1. The third-order valence-corrected chi connectivity index (χ3v) is 4.03. The highest BCUT2D eigenvalue weighted by Gasteiger charge is 2.23. The number of carbonyl (C=O) groups excluding carboxylic acids is 1. The Balaban J connectivity index is 1.83. The molecule has 5 heteroatoms. The van der Waals surface area contributed by atoms with Gasteiger partial charge >= 0.3 is 0 Å². The Bertz CT molecular complexity index is 459. The Hall–Kier alpha value is -1.59. The molecule has 0 aliphatic carbocycles. The number of amides is 1. The minimum Gasteiger partial charge on any atom is -0.497 e. The summed E-state index contributed by atoms with van der Waals surface area (Å²) in [5.74, 6) is 1.29. The normalized spacial score (nSPS) is 20.8. The molecule has 1 heterocycles. The van der Waals surface area contributed by atoms with Gasteiger partial charge in [0.15, 0.2) is 0 Å². The number of nitrogens with two attached hydrogens (primary N) is 1. The van der Waals surface area contributed by atoms with E-state index in [2.05, 4.69) is 10.2 Å². The zero-order valence-electron chi connectivity index (χ0n) is 12.8. The summed E-state index contributed by atoms with van der Waals surface area (Å²) in [5, 5.41) is 2.92. The first-order valence-corrected chi connectivity index (χ1v) is 7.50. The number of ether oxygens (including phenoxy) is 1. The second-order valence-electron chi connectivity index (χ2n) is 5.77. The number of hydrogen-bond acceptors (Lipinski definition) is 4. The van der Waals surface area contributed by atoms with Crippen LogP contribution in [0.15, 0.2) is 24.3 Å². The van der Waals surface area contributed by atoms with Gasteiger partial charge in [-0.2, -0.15) is 0 Å². The first kappa shape index (κ1) is 15.8. The van der Waals surface area contributed by atoms with Crippen molar-refractivity contribution in [3.63, 3.8) is 0 Å².